The number of carbonyl (C=O) groups is 1. The van der Waals surface area contributed by atoms with Crippen molar-refractivity contribution >= 4 is 29.3 Å². The van der Waals surface area contributed by atoms with Crippen LogP contribution in [0.4, 0.5) is 17.6 Å². The molecule has 0 fully saturated rings. The van der Waals surface area contributed by atoms with Gasteiger partial charge >= 0.3 is 12.1 Å². The van der Waals surface area contributed by atoms with Gasteiger partial charge in [-0.3, -0.25) is 4.79 Å². The molecule has 1 N–H and O–H groups in total. The molecule has 0 radical (unpaired) electrons. The molecule has 0 bridgehead atoms. The van der Waals surface area contributed by atoms with Gasteiger partial charge in [-0.15, -0.1) is 11.8 Å². The summed E-state index contributed by atoms with van der Waals surface area (Å²) in [5.41, 5.74) is 0. The van der Waals surface area contributed by atoms with Crippen molar-refractivity contribution in [3.8, 4) is 0 Å². The monoisotopic (exact) mass is 302 g/mol. The van der Waals surface area contributed by atoms with Crippen LogP contribution in [-0.4, -0.2) is 23.0 Å². The molecule has 1 aromatic carbocycles. The van der Waals surface area contributed by atoms with Crippen molar-refractivity contribution in [3.05, 3.63) is 29.0 Å². The van der Waals surface area contributed by atoms with Gasteiger partial charge in [0, 0.05) is 10.6 Å². The third kappa shape index (κ3) is 4.06. The van der Waals surface area contributed by atoms with E-state index in [1.807, 2.05) is 0 Å². The third-order valence-corrected chi connectivity index (χ3v) is 3.38. The van der Waals surface area contributed by atoms with E-state index in [9.17, 15) is 22.4 Å². The van der Waals surface area contributed by atoms with Crippen LogP contribution in [0.1, 0.15) is 0 Å². The average molecular weight is 303 g/mol. The fourth-order valence-electron chi connectivity index (χ4n) is 1.05. The summed E-state index contributed by atoms with van der Waals surface area (Å²) in [6, 6.07) is 3.39. The van der Waals surface area contributed by atoms with Gasteiger partial charge in [0.15, 0.2) is 5.92 Å². The van der Waals surface area contributed by atoms with Gasteiger partial charge < -0.3 is 5.11 Å². The molecule has 0 heterocycles. The molecule has 2 nitrogen and oxygen atoms in total. The topological polar surface area (TPSA) is 37.3 Å². The molecular formula is C10H7ClF4O2S. The highest BCUT2D eigenvalue weighted by Gasteiger charge is 2.44. The van der Waals surface area contributed by atoms with Crippen LogP contribution in [-0.2, 0) is 4.79 Å². The Labute approximate surface area is 109 Å². The minimum Gasteiger partial charge on any atom is -0.481 e. The Morgan fingerprint density at radius 2 is 2.06 bits per heavy atom. The van der Waals surface area contributed by atoms with Gasteiger partial charge in [-0.25, -0.2) is 4.39 Å². The number of halogens is 5. The molecule has 0 saturated heterocycles. The number of hydrogen-bond donors (Lipinski definition) is 1. The van der Waals surface area contributed by atoms with E-state index in [1.54, 1.807) is 0 Å². The zero-order valence-electron chi connectivity index (χ0n) is 8.67. The first-order chi connectivity index (χ1) is 8.21. The van der Waals surface area contributed by atoms with Crippen molar-refractivity contribution in [1.29, 1.82) is 0 Å². The first kappa shape index (κ1) is 15.1. The molecule has 0 aliphatic heterocycles. The molecule has 0 aromatic heterocycles. The SMILES string of the molecule is O=C(O)C(CSc1ccc(F)c(Cl)c1)C(F)(F)F. The average Bonchev–Trinajstić information content (AvgIpc) is 2.21. The Kier molecular flexibility index (Phi) is 4.86. The smallest absolute Gasteiger partial charge is 0.403 e. The van der Waals surface area contributed by atoms with E-state index in [0.29, 0.717) is 11.8 Å². The van der Waals surface area contributed by atoms with Crippen LogP contribution in [0.25, 0.3) is 0 Å². The zero-order valence-corrected chi connectivity index (χ0v) is 10.2. The van der Waals surface area contributed by atoms with Crippen molar-refractivity contribution in [1.82, 2.24) is 0 Å². The standard InChI is InChI=1S/C10H7ClF4O2S/c11-7-3-5(1-2-8(7)12)18-4-6(9(16)17)10(13,14)15/h1-3,6H,4H2,(H,16,17). The van der Waals surface area contributed by atoms with E-state index in [0.717, 1.165) is 12.1 Å². The van der Waals surface area contributed by atoms with Crippen LogP contribution >= 0.6 is 23.4 Å². The second-order valence-electron chi connectivity index (χ2n) is 3.32. The molecule has 0 saturated carbocycles. The van der Waals surface area contributed by atoms with E-state index >= 15 is 0 Å². The third-order valence-electron chi connectivity index (χ3n) is 2.00. The van der Waals surface area contributed by atoms with E-state index in [4.69, 9.17) is 16.7 Å². The normalized spacial score (nSPS) is 13.4. The molecule has 18 heavy (non-hydrogen) atoms. The van der Waals surface area contributed by atoms with Crippen LogP contribution in [0, 0.1) is 11.7 Å². The first-order valence-corrected chi connectivity index (χ1v) is 5.95. The van der Waals surface area contributed by atoms with Gasteiger partial charge in [-0.1, -0.05) is 11.6 Å². The van der Waals surface area contributed by atoms with Crippen LogP contribution in [0.15, 0.2) is 23.1 Å². The predicted octanol–water partition coefficient (Wildman–Crippen LogP) is 3.83. The first-order valence-electron chi connectivity index (χ1n) is 4.59. The molecule has 1 atom stereocenters. The summed E-state index contributed by atoms with van der Waals surface area (Å²) in [5.74, 6) is -5.79. The van der Waals surface area contributed by atoms with Gasteiger partial charge in [0.1, 0.15) is 5.82 Å². The number of rotatable bonds is 4. The van der Waals surface area contributed by atoms with Crippen molar-refractivity contribution in [2.24, 2.45) is 5.92 Å². The number of benzene rings is 1. The summed E-state index contributed by atoms with van der Waals surface area (Å²) >= 11 is 6.11. The van der Waals surface area contributed by atoms with Gasteiger partial charge in [0.25, 0.3) is 0 Å². The lowest BCUT2D eigenvalue weighted by molar-refractivity contribution is -0.188. The van der Waals surface area contributed by atoms with E-state index in [-0.39, 0.29) is 9.92 Å². The maximum absolute atomic E-state index is 12.8. The van der Waals surface area contributed by atoms with Gasteiger partial charge in [-0.05, 0) is 18.2 Å². The highest BCUT2D eigenvalue weighted by atomic mass is 35.5. The molecule has 100 valence electrons. The van der Waals surface area contributed by atoms with Crippen molar-refractivity contribution < 1.29 is 27.5 Å². The lowest BCUT2D eigenvalue weighted by Crippen LogP contribution is -2.32. The summed E-state index contributed by atoms with van der Waals surface area (Å²) < 4.78 is 49.8. The molecule has 0 aliphatic rings. The Hall–Kier alpha value is -0.950. The summed E-state index contributed by atoms with van der Waals surface area (Å²) in [6.07, 6.45) is -4.82. The van der Waals surface area contributed by atoms with Gasteiger partial charge in [0.2, 0.25) is 0 Å². The van der Waals surface area contributed by atoms with Crippen LogP contribution < -0.4 is 0 Å². The predicted molar refractivity (Wildman–Crippen MR) is 59.3 cm³/mol. The quantitative estimate of drug-likeness (QED) is 0.678. The van der Waals surface area contributed by atoms with Crippen LogP contribution in [0.2, 0.25) is 5.02 Å². The minimum absolute atomic E-state index is 0.223. The Bertz CT molecular complexity index is 450. The summed E-state index contributed by atoms with van der Waals surface area (Å²) in [7, 11) is 0. The second-order valence-corrected chi connectivity index (χ2v) is 4.82. The van der Waals surface area contributed by atoms with E-state index < -0.39 is 29.6 Å². The molecule has 0 aliphatic carbocycles. The number of alkyl halides is 3. The highest BCUT2D eigenvalue weighted by Crippen LogP contribution is 2.33. The molecule has 1 aromatic rings. The summed E-state index contributed by atoms with van der Waals surface area (Å²) in [6.45, 7) is 0. The fourth-order valence-corrected chi connectivity index (χ4v) is 2.35. The molecule has 1 unspecified atom stereocenters. The fraction of sp³-hybridized carbons (Fsp3) is 0.300. The summed E-state index contributed by atoms with van der Waals surface area (Å²) in [5, 5.41) is 8.24. The minimum atomic E-state index is -4.82. The maximum atomic E-state index is 12.8. The maximum Gasteiger partial charge on any atom is 0.403 e. The number of hydrogen-bond acceptors (Lipinski definition) is 2. The lowest BCUT2D eigenvalue weighted by Gasteiger charge is -2.15. The van der Waals surface area contributed by atoms with Gasteiger partial charge in [0.05, 0.1) is 5.02 Å². The van der Waals surface area contributed by atoms with Gasteiger partial charge in [-0.2, -0.15) is 13.2 Å². The molecule has 1 rings (SSSR count). The van der Waals surface area contributed by atoms with Crippen molar-refractivity contribution in [3.63, 3.8) is 0 Å². The van der Waals surface area contributed by atoms with E-state index in [1.165, 1.54) is 6.07 Å². The number of thioether (sulfide) groups is 1. The Morgan fingerprint density at radius 1 is 1.44 bits per heavy atom. The Morgan fingerprint density at radius 3 is 2.50 bits per heavy atom. The number of carboxylic acids is 1. The van der Waals surface area contributed by atoms with Crippen LogP contribution in [0.3, 0.4) is 0 Å². The molecule has 0 amide bonds. The number of aliphatic carboxylic acids is 1. The summed E-state index contributed by atoms with van der Waals surface area (Å²) in [4.78, 5) is 10.7. The molecule has 8 heteroatoms. The largest absolute Gasteiger partial charge is 0.481 e. The Balaban J connectivity index is 2.73. The van der Waals surface area contributed by atoms with E-state index in [2.05, 4.69) is 0 Å². The molecular weight excluding hydrogens is 296 g/mol. The lowest BCUT2D eigenvalue weighted by atomic mass is 10.2. The van der Waals surface area contributed by atoms with Crippen molar-refractivity contribution in [2.75, 3.05) is 5.75 Å². The van der Waals surface area contributed by atoms with Crippen LogP contribution in [0.5, 0.6) is 0 Å². The highest BCUT2D eigenvalue weighted by molar-refractivity contribution is 7.99. The number of carboxylic acid groups (broad SMARTS) is 1. The van der Waals surface area contributed by atoms with Crippen molar-refractivity contribution in [2.45, 2.75) is 11.1 Å². The zero-order chi connectivity index (χ0) is 13.9. The second kappa shape index (κ2) is 5.79. The molecule has 0 spiro atoms.